The van der Waals surface area contributed by atoms with E-state index in [2.05, 4.69) is 50.6 Å². The number of rotatable bonds is 7. The second-order valence-electron chi connectivity index (χ2n) is 8.71. The molecule has 1 aliphatic rings. The van der Waals surface area contributed by atoms with E-state index >= 15 is 0 Å². The minimum atomic E-state index is -0.283. The first-order chi connectivity index (χ1) is 17.9. The fraction of sp³-hybridized carbons (Fsp3) is 0.179. The molecule has 3 heterocycles. The van der Waals surface area contributed by atoms with Gasteiger partial charge in [0.15, 0.2) is 5.11 Å². The van der Waals surface area contributed by atoms with E-state index in [1.165, 1.54) is 7.11 Å². The number of nitrogens with zero attached hydrogens (tertiary/aromatic N) is 2. The molecular formula is C28H25BrN4O3S. The maximum absolute atomic E-state index is 11.9. The third-order valence-corrected chi connectivity index (χ3v) is 7.08. The van der Waals surface area contributed by atoms with Crippen LogP contribution in [0.25, 0.3) is 11.3 Å². The van der Waals surface area contributed by atoms with Crippen LogP contribution in [0.1, 0.15) is 29.1 Å². The lowest BCUT2D eigenvalue weighted by molar-refractivity contribution is -0.119. The summed E-state index contributed by atoms with van der Waals surface area (Å²) >= 11 is 9.47. The van der Waals surface area contributed by atoms with Crippen molar-refractivity contribution in [3.05, 3.63) is 100 Å². The van der Waals surface area contributed by atoms with Gasteiger partial charge in [-0.2, -0.15) is 0 Å². The molecule has 1 aliphatic heterocycles. The lowest BCUT2D eigenvalue weighted by Gasteiger charge is -2.26. The first kappa shape index (κ1) is 25.1. The number of halogens is 1. The van der Waals surface area contributed by atoms with Gasteiger partial charge in [0, 0.05) is 34.7 Å². The van der Waals surface area contributed by atoms with Gasteiger partial charge in [-0.25, -0.2) is 0 Å². The Balaban J connectivity index is 1.52. The summed E-state index contributed by atoms with van der Waals surface area (Å²) in [7, 11) is 1.49. The third-order valence-electron chi connectivity index (χ3n) is 6.11. The number of methoxy groups -OCH3 is 1. The highest BCUT2D eigenvalue weighted by atomic mass is 79.9. The number of hydrogen-bond donors (Lipinski definition) is 2. The van der Waals surface area contributed by atoms with Gasteiger partial charge >= 0.3 is 0 Å². The van der Waals surface area contributed by atoms with Crippen molar-refractivity contribution in [2.45, 2.75) is 19.0 Å². The fourth-order valence-corrected chi connectivity index (χ4v) is 5.47. The summed E-state index contributed by atoms with van der Waals surface area (Å²) < 4.78 is 12.3. The Bertz CT molecular complexity index is 1430. The van der Waals surface area contributed by atoms with Crippen LogP contribution in [-0.2, 0) is 9.53 Å². The van der Waals surface area contributed by atoms with Crippen molar-refractivity contribution in [2.24, 2.45) is 0 Å². The molecule has 0 bridgehead atoms. The summed E-state index contributed by atoms with van der Waals surface area (Å²) in [5.41, 5.74) is 4.53. The normalized spacial score (nSPS) is 17.1. The van der Waals surface area contributed by atoms with Crippen molar-refractivity contribution in [3.63, 3.8) is 0 Å². The van der Waals surface area contributed by atoms with Gasteiger partial charge in [-0.15, -0.1) is 0 Å². The second-order valence-corrected chi connectivity index (χ2v) is 9.95. The molecule has 0 saturated carbocycles. The molecular weight excluding hydrogens is 552 g/mol. The van der Waals surface area contributed by atoms with Gasteiger partial charge in [0.2, 0.25) is 5.91 Å². The predicted molar refractivity (Wildman–Crippen MR) is 151 cm³/mol. The first-order valence-electron chi connectivity index (χ1n) is 11.7. The predicted octanol–water partition coefficient (Wildman–Crippen LogP) is 6.17. The summed E-state index contributed by atoms with van der Waals surface area (Å²) in [4.78, 5) is 18.5. The van der Waals surface area contributed by atoms with Crippen LogP contribution in [0.4, 0.5) is 11.4 Å². The number of ether oxygens (including phenoxy) is 1. The minimum absolute atomic E-state index is 0.00631. The molecule has 1 fully saturated rings. The number of benzene rings is 2. The number of thiocarbonyl (C=S) groups is 1. The lowest BCUT2D eigenvalue weighted by atomic mass is 10.0. The van der Waals surface area contributed by atoms with E-state index in [1.54, 1.807) is 6.20 Å². The number of anilines is 2. The summed E-state index contributed by atoms with van der Waals surface area (Å²) in [6.45, 7) is 2.05. The number of carbonyl (C=O) groups excluding carboxylic acids is 1. The fourth-order valence-electron chi connectivity index (χ4n) is 4.43. The molecule has 9 heteroatoms. The summed E-state index contributed by atoms with van der Waals surface area (Å²) in [6.07, 6.45) is 1.77. The number of aryl methyl sites for hydroxylation is 1. The maximum atomic E-state index is 11.9. The zero-order valence-corrected chi connectivity index (χ0v) is 22.7. The van der Waals surface area contributed by atoms with Crippen LogP contribution in [0, 0.1) is 6.92 Å². The topological polar surface area (TPSA) is 79.6 Å². The zero-order chi connectivity index (χ0) is 25.9. The van der Waals surface area contributed by atoms with Gasteiger partial charge in [-0.3, -0.25) is 9.78 Å². The average molecular weight is 578 g/mol. The molecule has 0 radical (unpaired) electrons. The number of hydrogen-bond acceptors (Lipinski definition) is 5. The SMILES string of the molecule is COCC(=O)Nc1ccc(N2C(=S)N[C@H](c3ccccn3)[C@@H]2c2ccc(-c3ccc(C)cc3Br)o2)cc1. The van der Waals surface area contributed by atoms with Crippen LogP contribution in [-0.4, -0.2) is 29.7 Å². The molecule has 2 atom stereocenters. The highest BCUT2D eigenvalue weighted by Crippen LogP contribution is 2.43. The molecule has 2 aromatic carbocycles. The number of furan rings is 1. The van der Waals surface area contributed by atoms with Crippen molar-refractivity contribution >= 4 is 50.5 Å². The van der Waals surface area contributed by atoms with Gasteiger partial charge in [-0.05, 0) is 85.4 Å². The number of aromatic nitrogens is 1. The van der Waals surface area contributed by atoms with Crippen molar-refractivity contribution in [2.75, 3.05) is 23.9 Å². The summed E-state index contributed by atoms with van der Waals surface area (Å²) in [5.74, 6) is 1.30. The molecule has 7 nitrogen and oxygen atoms in total. The van der Waals surface area contributed by atoms with Crippen molar-refractivity contribution < 1.29 is 13.9 Å². The minimum Gasteiger partial charge on any atom is -0.459 e. The zero-order valence-electron chi connectivity index (χ0n) is 20.3. The van der Waals surface area contributed by atoms with E-state index in [0.717, 1.165) is 38.5 Å². The Kier molecular flexibility index (Phi) is 7.36. The highest BCUT2D eigenvalue weighted by Gasteiger charge is 2.42. The van der Waals surface area contributed by atoms with Crippen molar-refractivity contribution in [1.29, 1.82) is 0 Å². The first-order valence-corrected chi connectivity index (χ1v) is 12.9. The summed E-state index contributed by atoms with van der Waals surface area (Å²) in [5, 5.41) is 6.82. The van der Waals surface area contributed by atoms with E-state index < -0.39 is 0 Å². The van der Waals surface area contributed by atoms with Crippen LogP contribution < -0.4 is 15.5 Å². The quantitative estimate of drug-likeness (QED) is 0.254. The number of carbonyl (C=O) groups is 1. The Morgan fingerprint density at radius 3 is 2.68 bits per heavy atom. The molecule has 2 aromatic heterocycles. The molecule has 1 amide bonds. The van der Waals surface area contributed by atoms with Crippen LogP contribution >= 0.6 is 28.1 Å². The number of amides is 1. The van der Waals surface area contributed by atoms with Gasteiger partial charge in [0.25, 0.3) is 0 Å². The number of nitrogens with one attached hydrogen (secondary N) is 2. The molecule has 0 spiro atoms. The Hall–Kier alpha value is -3.53. The summed E-state index contributed by atoms with van der Waals surface area (Å²) in [6, 6.07) is 23.0. The molecule has 2 N–H and O–H groups in total. The second kappa shape index (κ2) is 10.8. The molecule has 37 heavy (non-hydrogen) atoms. The maximum Gasteiger partial charge on any atom is 0.250 e. The molecule has 0 unspecified atom stereocenters. The average Bonchev–Trinajstić information content (AvgIpc) is 3.50. The van der Waals surface area contributed by atoms with Crippen LogP contribution in [0.15, 0.2) is 87.9 Å². The third kappa shape index (κ3) is 5.29. The molecule has 188 valence electrons. The van der Waals surface area contributed by atoms with Crippen LogP contribution in [0.3, 0.4) is 0 Å². The molecule has 1 saturated heterocycles. The number of pyridine rings is 1. The van der Waals surface area contributed by atoms with E-state index in [1.807, 2.05) is 65.6 Å². The monoisotopic (exact) mass is 576 g/mol. The molecule has 0 aliphatic carbocycles. The molecule has 4 aromatic rings. The van der Waals surface area contributed by atoms with Gasteiger partial charge < -0.3 is 24.7 Å². The molecule has 5 rings (SSSR count). The van der Waals surface area contributed by atoms with E-state index in [4.69, 9.17) is 21.4 Å². The van der Waals surface area contributed by atoms with E-state index in [9.17, 15) is 4.79 Å². The Morgan fingerprint density at radius 2 is 1.97 bits per heavy atom. The Morgan fingerprint density at radius 1 is 1.16 bits per heavy atom. The lowest BCUT2D eigenvalue weighted by Crippen LogP contribution is -2.29. The largest absolute Gasteiger partial charge is 0.459 e. The van der Waals surface area contributed by atoms with Gasteiger partial charge in [0.1, 0.15) is 24.2 Å². The van der Waals surface area contributed by atoms with Gasteiger partial charge in [0.05, 0.1) is 11.7 Å². The standard InChI is InChI=1S/C28H25BrN4O3S/c1-17-6-11-20(21(29)15-17)23-12-13-24(36-23)27-26(22-5-3-4-14-30-22)32-28(37)33(27)19-9-7-18(8-10-19)31-25(34)16-35-2/h3-15,26-27H,16H2,1-2H3,(H,31,34)(H,32,37)/t26-,27+/m1/s1. The van der Waals surface area contributed by atoms with E-state index in [0.29, 0.717) is 10.8 Å². The van der Waals surface area contributed by atoms with E-state index in [-0.39, 0.29) is 24.6 Å². The smallest absolute Gasteiger partial charge is 0.250 e. The van der Waals surface area contributed by atoms with Crippen molar-refractivity contribution in [1.82, 2.24) is 10.3 Å². The van der Waals surface area contributed by atoms with Gasteiger partial charge in [-0.1, -0.05) is 28.1 Å². The van der Waals surface area contributed by atoms with Crippen LogP contribution in [0.5, 0.6) is 0 Å². The van der Waals surface area contributed by atoms with Crippen molar-refractivity contribution in [3.8, 4) is 11.3 Å². The van der Waals surface area contributed by atoms with Crippen LogP contribution in [0.2, 0.25) is 0 Å². The highest BCUT2D eigenvalue weighted by molar-refractivity contribution is 9.10. The Labute approximate surface area is 229 Å².